The van der Waals surface area contributed by atoms with Gasteiger partial charge in [-0.2, -0.15) is 5.10 Å². The van der Waals surface area contributed by atoms with Gasteiger partial charge in [-0.1, -0.05) is 24.1 Å². The number of sulfone groups is 1. The molecule has 1 saturated carbocycles. The van der Waals surface area contributed by atoms with Gasteiger partial charge in [-0.25, -0.2) is 8.42 Å². The van der Waals surface area contributed by atoms with Gasteiger partial charge in [0.15, 0.2) is 9.84 Å². The molecule has 1 fully saturated rings. The number of aryl methyl sites for hydroxylation is 1. The quantitative estimate of drug-likeness (QED) is 0.536. The van der Waals surface area contributed by atoms with Crippen molar-refractivity contribution in [2.45, 2.75) is 42.8 Å². The maximum atomic E-state index is 13.1. The number of benzene rings is 2. The summed E-state index contributed by atoms with van der Waals surface area (Å²) in [6.07, 6.45) is 2.32. The minimum atomic E-state index is -3.67. The Labute approximate surface area is 172 Å². The Balaban J connectivity index is 1.93. The van der Waals surface area contributed by atoms with Crippen molar-refractivity contribution in [2.75, 3.05) is 5.43 Å². The van der Waals surface area contributed by atoms with Crippen LogP contribution in [0.1, 0.15) is 31.2 Å². The van der Waals surface area contributed by atoms with Crippen LogP contribution in [0.5, 0.6) is 0 Å². The zero-order valence-electron chi connectivity index (χ0n) is 16.1. The summed E-state index contributed by atoms with van der Waals surface area (Å²) in [7, 11) is -3.67. The van der Waals surface area contributed by atoms with Crippen LogP contribution in [-0.2, 0) is 9.84 Å². The van der Waals surface area contributed by atoms with Gasteiger partial charge in [-0.15, -0.1) is 0 Å². The molecular weight excluding hydrogens is 412 g/mol. The third-order valence-electron chi connectivity index (χ3n) is 4.95. The first-order valence-corrected chi connectivity index (χ1v) is 10.8. The average Bonchev–Trinajstić information content (AvgIpc) is 2.72. The van der Waals surface area contributed by atoms with Gasteiger partial charge >= 0.3 is 5.69 Å². The Bertz CT molecular complexity index is 1110. The SMILES string of the molecule is Cc1ccc(S(=O)(=O)[C@H]2CCCC/C2=N/Nc2ccc([N+](=O)[O-])cc2[N+](=O)[O-])cc1. The van der Waals surface area contributed by atoms with E-state index in [9.17, 15) is 28.6 Å². The van der Waals surface area contributed by atoms with Crippen LogP contribution in [0.25, 0.3) is 0 Å². The molecule has 0 aromatic heterocycles. The summed E-state index contributed by atoms with van der Waals surface area (Å²) in [5.41, 5.74) is 2.90. The summed E-state index contributed by atoms with van der Waals surface area (Å²) in [5.74, 6) is 0. The second-order valence-electron chi connectivity index (χ2n) is 7.02. The summed E-state index contributed by atoms with van der Waals surface area (Å²) in [6.45, 7) is 1.87. The summed E-state index contributed by atoms with van der Waals surface area (Å²) < 4.78 is 26.2. The lowest BCUT2D eigenvalue weighted by molar-refractivity contribution is -0.393. The van der Waals surface area contributed by atoms with E-state index in [1.54, 1.807) is 24.3 Å². The second kappa shape index (κ2) is 8.57. The Hall–Kier alpha value is -3.34. The molecule has 30 heavy (non-hydrogen) atoms. The fourth-order valence-electron chi connectivity index (χ4n) is 3.33. The normalized spacial score (nSPS) is 18.2. The number of nitrogens with one attached hydrogen (secondary N) is 1. The van der Waals surface area contributed by atoms with Gasteiger partial charge in [0, 0.05) is 6.07 Å². The summed E-state index contributed by atoms with van der Waals surface area (Å²) in [6, 6.07) is 9.72. The third kappa shape index (κ3) is 4.46. The monoisotopic (exact) mass is 432 g/mol. The van der Waals surface area contributed by atoms with Gasteiger partial charge in [0.05, 0.1) is 26.5 Å². The van der Waals surface area contributed by atoms with E-state index in [1.807, 2.05) is 6.92 Å². The Kier molecular flexibility index (Phi) is 6.11. The molecule has 0 bridgehead atoms. The molecule has 3 rings (SSSR count). The van der Waals surface area contributed by atoms with E-state index in [-0.39, 0.29) is 10.6 Å². The lowest BCUT2D eigenvalue weighted by Crippen LogP contribution is -2.34. The van der Waals surface area contributed by atoms with Gasteiger partial charge in [-0.3, -0.25) is 25.7 Å². The highest BCUT2D eigenvalue weighted by atomic mass is 32.2. The molecule has 1 N–H and O–H groups in total. The molecule has 2 aromatic carbocycles. The molecular formula is C19H20N4O6S. The summed E-state index contributed by atoms with van der Waals surface area (Å²) in [5, 5.41) is 25.5. The van der Waals surface area contributed by atoms with E-state index < -0.39 is 36.3 Å². The van der Waals surface area contributed by atoms with Crippen molar-refractivity contribution in [1.29, 1.82) is 0 Å². The first-order chi connectivity index (χ1) is 14.2. The van der Waals surface area contributed by atoms with Crippen LogP contribution in [0.15, 0.2) is 52.5 Å². The predicted molar refractivity (Wildman–Crippen MR) is 111 cm³/mol. The minimum absolute atomic E-state index is 0.0462. The Morgan fingerprint density at radius 1 is 1.03 bits per heavy atom. The molecule has 0 aliphatic heterocycles. The third-order valence-corrected chi connectivity index (χ3v) is 7.14. The maximum absolute atomic E-state index is 13.1. The first-order valence-electron chi connectivity index (χ1n) is 9.26. The highest BCUT2D eigenvalue weighted by Gasteiger charge is 2.34. The van der Waals surface area contributed by atoms with Gasteiger partial charge in [0.25, 0.3) is 5.69 Å². The number of anilines is 1. The number of nitro groups is 2. The van der Waals surface area contributed by atoms with Crippen LogP contribution in [0.4, 0.5) is 17.1 Å². The average molecular weight is 432 g/mol. The molecule has 0 saturated heterocycles. The van der Waals surface area contributed by atoms with Crippen molar-refractivity contribution in [3.8, 4) is 0 Å². The number of nitro benzene ring substituents is 2. The van der Waals surface area contributed by atoms with E-state index in [2.05, 4.69) is 10.5 Å². The van der Waals surface area contributed by atoms with E-state index in [0.717, 1.165) is 30.5 Å². The number of non-ortho nitro benzene ring substituents is 1. The molecule has 0 spiro atoms. The first kappa shape index (κ1) is 21.4. The molecule has 0 amide bonds. The van der Waals surface area contributed by atoms with Crippen molar-refractivity contribution in [1.82, 2.24) is 0 Å². The maximum Gasteiger partial charge on any atom is 0.301 e. The molecule has 0 radical (unpaired) electrons. The number of hydrogen-bond acceptors (Lipinski definition) is 8. The highest BCUT2D eigenvalue weighted by Crippen LogP contribution is 2.31. The van der Waals surface area contributed by atoms with Crippen LogP contribution in [0.2, 0.25) is 0 Å². The zero-order valence-corrected chi connectivity index (χ0v) is 17.0. The largest absolute Gasteiger partial charge is 0.301 e. The van der Waals surface area contributed by atoms with Crippen molar-refractivity contribution in [2.24, 2.45) is 5.10 Å². The molecule has 0 unspecified atom stereocenters. The highest BCUT2D eigenvalue weighted by molar-refractivity contribution is 7.92. The van der Waals surface area contributed by atoms with Crippen LogP contribution >= 0.6 is 0 Å². The molecule has 0 heterocycles. The number of hydrazone groups is 1. The molecule has 158 valence electrons. The van der Waals surface area contributed by atoms with Crippen LogP contribution in [0, 0.1) is 27.2 Å². The molecule has 1 atom stereocenters. The topological polar surface area (TPSA) is 145 Å². The standard InChI is InChI=1S/C19H20N4O6S/c1-13-6-9-15(10-7-13)30(28,29)19-5-3-2-4-17(19)21-20-16-11-8-14(22(24)25)12-18(16)23(26)27/h6-12,19-20H,2-5H2,1H3/b21-17-/t19-/m0/s1. The zero-order chi connectivity index (χ0) is 21.9. The minimum Gasteiger partial charge on any atom is -0.272 e. The van der Waals surface area contributed by atoms with E-state index in [4.69, 9.17) is 0 Å². The lowest BCUT2D eigenvalue weighted by Gasteiger charge is -2.24. The number of hydrogen-bond donors (Lipinski definition) is 1. The van der Waals surface area contributed by atoms with Gasteiger partial charge in [-0.05, 0) is 44.4 Å². The molecule has 11 heteroatoms. The fourth-order valence-corrected chi connectivity index (χ4v) is 5.18. The van der Waals surface area contributed by atoms with E-state index in [1.165, 1.54) is 6.07 Å². The lowest BCUT2D eigenvalue weighted by atomic mass is 9.98. The predicted octanol–water partition coefficient (Wildman–Crippen LogP) is 4.00. The molecule has 10 nitrogen and oxygen atoms in total. The summed E-state index contributed by atoms with van der Waals surface area (Å²) in [4.78, 5) is 20.9. The van der Waals surface area contributed by atoms with Gasteiger partial charge in [0.1, 0.15) is 10.9 Å². The molecule has 1 aliphatic rings. The van der Waals surface area contributed by atoms with Crippen molar-refractivity contribution in [3.63, 3.8) is 0 Å². The van der Waals surface area contributed by atoms with Crippen LogP contribution in [0.3, 0.4) is 0 Å². The van der Waals surface area contributed by atoms with Crippen LogP contribution in [-0.4, -0.2) is 29.2 Å². The van der Waals surface area contributed by atoms with Gasteiger partial charge in [0.2, 0.25) is 0 Å². The fraction of sp³-hybridized carbons (Fsp3) is 0.316. The smallest absolute Gasteiger partial charge is 0.272 e. The van der Waals surface area contributed by atoms with E-state index >= 15 is 0 Å². The van der Waals surface area contributed by atoms with E-state index in [0.29, 0.717) is 18.6 Å². The van der Waals surface area contributed by atoms with Crippen molar-refractivity contribution in [3.05, 3.63) is 68.3 Å². The molecule has 2 aromatic rings. The second-order valence-corrected chi connectivity index (χ2v) is 9.15. The molecule has 1 aliphatic carbocycles. The van der Waals surface area contributed by atoms with Crippen molar-refractivity contribution >= 4 is 32.6 Å². The van der Waals surface area contributed by atoms with Crippen molar-refractivity contribution < 1.29 is 18.3 Å². The number of nitrogens with zero attached hydrogens (tertiary/aromatic N) is 3. The number of rotatable bonds is 6. The Morgan fingerprint density at radius 2 is 1.73 bits per heavy atom. The van der Waals surface area contributed by atoms with Gasteiger partial charge < -0.3 is 0 Å². The van der Waals surface area contributed by atoms with Crippen LogP contribution < -0.4 is 5.43 Å². The Morgan fingerprint density at radius 3 is 2.37 bits per heavy atom. The summed E-state index contributed by atoms with van der Waals surface area (Å²) >= 11 is 0.